The summed E-state index contributed by atoms with van der Waals surface area (Å²) in [5.74, 6) is 0.225. The molecule has 3 aliphatic heterocycles. The molecule has 3 heterocycles. The molecular weight excluding hydrogens is 266 g/mol. The first-order valence-electron chi connectivity index (χ1n) is 8.68. The molecule has 3 fully saturated rings. The molecule has 1 amide bonds. The summed E-state index contributed by atoms with van der Waals surface area (Å²) in [5, 5.41) is 0. The zero-order valence-electron chi connectivity index (χ0n) is 13.1. The molecule has 1 atom stereocenters. The van der Waals surface area contributed by atoms with Crippen molar-refractivity contribution in [1.82, 2.24) is 14.7 Å². The van der Waals surface area contributed by atoms with Crippen LogP contribution < -0.4 is 0 Å². The molecule has 5 heteroatoms. The summed E-state index contributed by atoms with van der Waals surface area (Å²) in [6, 6.07) is 0. The Hall–Kier alpha value is -0.650. The first-order valence-corrected chi connectivity index (χ1v) is 8.68. The zero-order valence-corrected chi connectivity index (χ0v) is 13.1. The number of ether oxygens (including phenoxy) is 1. The maximum absolute atomic E-state index is 12.3. The Morgan fingerprint density at radius 3 is 2.14 bits per heavy atom. The van der Waals surface area contributed by atoms with Crippen LogP contribution in [0.15, 0.2) is 0 Å². The molecule has 3 aliphatic rings. The third-order valence-electron chi connectivity index (χ3n) is 5.07. The molecule has 0 aromatic rings. The van der Waals surface area contributed by atoms with Gasteiger partial charge in [-0.05, 0) is 38.8 Å². The van der Waals surface area contributed by atoms with E-state index in [1.165, 1.54) is 38.9 Å². The highest BCUT2D eigenvalue weighted by atomic mass is 16.5. The maximum atomic E-state index is 12.3. The predicted octanol–water partition coefficient (Wildman–Crippen LogP) is 0.796. The van der Waals surface area contributed by atoms with E-state index in [2.05, 4.69) is 9.80 Å². The van der Waals surface area contributed by atoms with Crippen molar-refractivity contribution in [2.24, 2.45) is 0 Å². The van der Waals surface area contributed by atoms with Crippen LogP contribution in [0.2, 0.25) is 0 Å². The van der Waals surface area contributed by atoms with E-state index in [0.29, 0.717) is 0 Å². The van der Waals surface area contributed by atoms with Gasteiger partial charge in [-0.2, -0.15) is 0 Å². The summed E-state index contributed by atoms with van der Waals surface area (Å²) in [6.07, 6.45) is 5.93. The Balaban J connectivity index is 1.35. The molecule has 0 aromatic heterocycles. The van der Waals surface area contributed by atoms with E-state index in [1.54, 1.807) is 0 Å². The summed E-state index contributed by atoms with van der Waals surface area (Å²) in [5.41, 5.74) is 0. The van der Waals surface area contributed by atoms with Crippen molar-refractivity contribution in [1.29, 1.82) is 0 Å². The van der Waals surface area contributed by atoms with Crippen LogP contribution in [0.3, 0.4) is 0 Å². The van der Waals surface area contributed by atoms with Crippen LogP contribution >= 0.6 is 0 Å². The predicted molar refractivity (Wildman–Crippen MR) is 82.3 cm³/mol. The summed E-state index contributed by atoms with van der Waals surface area (Å²) >= 11 is 0. The number of carbonyl (C=O) groups excluding carboxylic acids is 1. The second-order valence-electron chi connectivity index (χ2n) is 6.57. The van der Waals surface area contributed by atoms with Crippen LogP contribution in [0, 0.1) is 0 Å². The van der Waals surface area contributed by atoms with Gasteiger partial charge >= 0.3 is 0 Å². The van der Waals surface area contributed by atoms with Crippen molar-refractivity contribution in [3.8, 4) is 0 Å². The molecular formula is C16H29N3O2. The van der Waals surface area contributed by atoms with E-state index in [0.717, 1.165) is 52.2 Å². The highest BCUT2D eigenvalue weighted by molar-refractivity contribution is 5.81. The van der Waals surface area contributed by atoms with Crippen LogP contribution in [0.1, 0.15) is 32.1 Å². The van der Waals surface area contributed by atoms with E-state index in [4.69, 9.17) is 4.74 Å². The number of carbonyl (C=O) groups is 1. The highest BCUT2D eigenvalue weighted by Crippen LogP contribution is 2.16. The first kappa shape index (κ1) is 15.3. The number of piperidine rings is 1. The highest BCUT2D eigenvalue weighted by Gasteiger charge is 2.30. The lowest BCUT2D eigenvalue weighted by molar-refractivity contribution is -0.142. The van der Waals surface area contributed by atoms with Crippen molar-refractivity contribution < 1.29 is 9.53 Å². The first-order chi connectivity index (χ1) is 10.3. The Bertz CT molecular complexity index is 330. The van der Waals surface area contributed by atoms with Gasteiger partial charge in [0.05, 0.1) is 0 Å². The number of rotatable bonds is 4. The summed E-state index contributed by atoms with van der Waals surface area (Å²) in [4.78, 5) is 19.4. The molecule has 3 rings (SSSR count). The van der Waals surface area contributed by atoms with Gasteiger partial charge < -0.3 is 14.5 Å². The van der Waals surface area contributed by atoms with Crippen molar-refractivity contribution in [2.45, 2.75) is 38.2 Å². The number of nitrogens with zero attached hydrogens (tertiary/aromatic N) is 3. The Labute approximate surface area is 128 Å². The van der Waals surface area contributed by atoms with Gasteiger partial charge in [-0.15, -0.1) is 0 Å². The number of piperazine rings is 1. The SMILES string of the molecule is O=C(C1CCCO1)N1CCN(CCN2CCCCC2)CC1. The average Bonchev–Trinajstić information content (AvgIpc) is 3.08. The van der Waals surface area contributed by atoms with Gasteiger partial charge in [-0.3, -0.25) is 9.69 Å². The van der Waals surface area contributed by atoms with Gasteiger partial charge in [0.1, 0.15) is 6.10 Å². The third kappa shape index (κ3) is 4.18. The van der Waals surface area contributed by atoms with Gasteiger partial charge in [0, 0.05) is 45.9 Å². The van der Waals surface area contributed by atoms with E-state index >= 15 is 0 Å². The topological polar surface area (TPSA) is 36.0 Å². The average molecular weight is 295 g/mol. The second kappa shape index (κ2) is 7.56. The summed E-state index contributed by atoms with van der Waals surface area (Å²) in [6.45, 7) is 9.44. The lowest BCUT2D eigenvalue weighted by Crippen LogP contribution is -2.52. The lowest BCUT2D eigenvalue weighted by Gasteiger charge is -2.37. The number of amides is 1. The maximum Gasteiger partial charge on any atom is 0.251 e. The monoisotopic (exact) mass is 295 g/mol. The van der Waals surface area contributed by atoms with Crippen LogP contribution in [0.4, 0.5) is 0 Å². The summed E-state index contributed by atoms with van der Waals surface area (Å²) < 4.78 is 5.51. The van der Waals surface area contributed by atoms with Gasteiger partial charge in [-0.25, -0.2) is 0 Å². The molecule has 1 unspecified atom stereocenters. The smallest absolute Gasteiger partial charge is 0.251 e. The van der Waals surface area contributed by atoms with Crippen molar-refractivity contribution in [3.05, 3.63) is 0 Å². The second-order valence-corrected chi connectivity index (χ2v) is 6.57. The van der Waals surface area contributed by atoms with E-state index in [-0.39, 0.29) is 12.0 Å². The number of likely N-dealkylation sites (tertiary alicyclic amines) is 1. The quantitative estimate of drug-likeness (QED) is 0.768. The van der Waals surface area contributed by atoms with Gasteiger partial charge in [-0.1, -0.05) is 6.42 Å². The van der Waals surface area contributed by atoms with E-state index in [9.17, 15) is 4.79 Å². The van der Waals surface area contributed by atoms with Crippen LogP contribution in [-0.2, 0) is 9.53 Å². The van der Waals surface area contributed by atoms with Crippen molar-refractivity contribution >= 4 is 5.91 Å². The Morgan fingerprint density at radius 1 is 0.857 bits per heavy atom. The fraction of sp³-hybridized carbons (Fsp3) is 0.938. The molecule has 21 heavy (non-hydrogen) atoms. The van der Waals surface area contributed by atoms with E-state index < -0.39 is 0 Å². The molecule has 3 saturated heterocycles. The molecule has 0 spiro atoms. The summed E-state index contributed by atoms with van der Waals surface area (Å²) in [7, 11) is 0. The van der Waals surface area contributed by atoms with Crippen LogP contribution in [0.5, 0.6) is 0 Å². The minimum atomic E-state index is -0.148. The van der Waals surface area contributed by atoms with Gasteiger partial charge in [0.2, 0.25) is 0 Å². The molecule has 0 aliphatic carbocycles. The fourth-order valence-electron chi connectivity index (χ4n) is 3.63. The minimum absolute atomic E-state index is 0.148. The normalized spacial score (nSPS) is 29.0. The Morgan fingerprint density at radius 2 is 1.52 bits per heavy atom. The molecule has 0 radical (unpaired) electrons. The molecule has 0 N–H and O–H groups in total. The van der Waals surface area contributed by atoms with Gasteiger partial charge in [0.15, 0.2) is 0 Å². The molecule has 0 aromatic carbocycles. The number of hydrogen-bond donors (Lipinski definition) is 0. The largest absolute Gasteiger partial charge is 0.368 e. The molecule has 0 saturated carbocycles. The number of hydrogen-bond acceptors (Lipinski definition) is 4. The van der Waals surface area contributed by atoms with Crippen molar-refractivity contribution in [3.63, 3.8) is 0 Å². The molecule has 5 nitrogen and oxygen atoms in total. The fourth-order valence-corrected chi connectivity index (χ4v) is 3.63. The molecule has 0 bridgehead atoms. The zero-order chi connectivity index (χ0) is 14.5. The lowest BCUT2D eigenvalue weighted by atomic mass is 10.1. The van der Waals surface area contributed by atoms with Gasteiger partial charge in [0.25, 0.3) is 5.91 Å². The van der Waals surface area contributed by atoms with Crippen molar-refractivity contribution in [2.75, 3.05) is 59.0 Å². The van der Waals surface area contributed by atoms with Crippen LogP contribution in [-0.4, -0.2) is 85.7 Å². The Kier molecular flexibility index (Phi) is 5.49. The van der Waals surface area contributed by atoms with E-state index in [1.807, 2.05) is 4.90 Å². The minimum Gasteiger partial charge on any atom is -0.368 e. The molecule has 120 valence electrons. The third-order valence-corrected chi connectivity index (χ3v) is 5.07. The standard InChI is InChI=1S/C16H29N3O2/c20-16(15-5-4-14-21-15)19-12-10-18(11-13-19)9-8-17-6-2-1-3-7-17/h15H,1-14H2. The van der Waals surface area contributed by atoms with Crippen LogP contribution in [0.25, 0.3) is 0 Å².